The Morgan fingerprint density at radius 1 is 1.13 bits per heavy atom. The molecular weight excluding hydrogens is 409 g/mol. The summed E-state index contributed by atoms with van der Waals surface area (Å²) in [7, 11) is 3.28. The third-order valence-corrected chi connectivity index (χ3v) is 2.99. The van der Waals surface area contributed by atoms with Crippen molar-refractivity contribution in [3.05, 3.63) is 23.8 Å². The van der Waals surface area contributed by atoms with E-state index in [0.717, 1.165) is 42.7 Å². The van der Waals surface area contributed by atoms with Crippen LogP contribution in [0.4, 0.5) is 0 Å². The number of nitrogens with zero attached hydrogens (tertiary/aromatic N) is 1. The van der Waals surface area contributed by atoms with Gasteiger partial charge < -0.3 is 24.8 Å². The smallest absolute Gasteiger partial charge is 0.191 e. The molecule has 0 aliphatic rings. The summed E-state index contributed by atoms with van der Waals surface area (Å²) in [6.45, 7) is 7.45. The standard InChI is InChI=1S/C16H27N3O3.HI/c1-5-17-16(18-9-10-22-6-2)19-12-13-7-8-14(20-3)11-15(13)21-4;/h7-8,11H,5-6,9-10,12H2,1-4H3,(H2,17,18,19);1H. The average molecular weight is 437 g/mol. The normalized spacial score (nSPS) is 10.7. The van der Waals surface area contributed by atoms with Gasteiger partial charge in [0.2, 0.25) is 0 Å². The highest BCUT2D eigenvalue weighted by atomic mass is 127. The number of methoxy groups -OCH3 is 2. The summed E-state index contributed by atoms with van der Waals surface area (Å²) in [6.07, 6.45) is 0. The fraction of sp³-hybridized carbons (Fsp3) is 0.562. The Morgan fingerprint density at radius 3 is 2.52 bits per heavy atom. The summed E-state index contributed by atoms with van der Waals surface area (Å²) in [5, 5.41) is 6.44. The first kappa shape index (κ1) is 21.8. The summed E-state index contributed by atoms with van der Waals surface area (Å²) in [5.74, 6) is 2.31. The second-order valence-electron chi connectivity index (χ2n) is 4.50. The van der Waals surface area contributed by atoms with Gasteiger partial charge in [0.15, 0.2) is 5.96 Å². The van der Waals surface area contributed by atoms with Crippen molar-refractivity contribution < 1.29 is 14.2 Å². The molecule has 2 N–H and O–H groups in total. The van der Waals surface area contributed by atoms with Crippen LogP contribution in [0.5, 0.6) is 11.5 Å². The Morgan fingerprint density at radius 2 is 1.91 bits per heavy atom. The van der Waals surface area contributed by atoms with Crippen LogP contribution in [0.15, 0.2) is 23.2 Å². The molecular formula is C16H28IN3O3. The Bertz CT molecular complexity index is 470. The predicted molar refractivity (Wildman–Crippen MR) is 104 cm³/mol. The number of hydrogen-bond acceptors (Lipinski definition) is 4. The third-order valence-electron chi connectivity index (χ3n) is 2.99. The van der Waals surface area contributed by atoms with Crippen LogP contribution in [0, 0.1) is 0 Å². The van der Waals surface area contributed by atoms with Crippen LogP contribution in [-0.4, -0.2) is 46.5 Å². The van der Waals surface area contributed by atoms with Crippen molar-refractivity contribution in [2.45, 2.75) is 20.4 Å². The lowest BCUT2D eigenvalue weighted by Gasteiger charge is -2.12. The highest BCUT2D eigenvalue weighted by Gasteiger charge is 2.05. The molecule has 0 saturated heterocycles. The number of benzene rings is 1. The first-order valence-corrected chi connectivity index (χ1v) is 7.55. The number of guanidine groups is 1. The average Bonchev–Trinajstić information content (AvgIpc) is 2.56. The van der Waals surface area contributed by atoms with Crippen LogP contribution in [0.3, 0.4) is 0 Å². The third kappa shape index (κ3) is 8.26. The second-order valence-corrected chi connectivity index (χ2v) is 4.50. The molecule has 0 radical (unpaired) electrons. The Kier molecular flexibility index (Phi) is 12.5. The molecule has 0 heterocycles. The van der Waals surface area contributed by atoms with E-state index in [4.69, 9.17) is 14.2 Å². The zero-order chi connectivity index (χ0) is 16.2. The zero-order valence-corrected chi connectivity index (χ0v) is 16.7. The molecule has 1 rings (SSSR count). The summed E-state index contributed by atoms with van der Waals surface area (Å²) in [5.41, 5.74) is 1.00. The Hall–Kier alpha value is -1.22. The molecule has 1 aromatic rings. The number of nitrogens with one attached hydrogen (secondary N) is 2. The monoisotopic (exact) mass is 437 g/mol. The van der Waals surface area contributed by atoms with Crippen LogP contribution in [-0.2, 0) is 11.3 Å². The van der Waals surface area contributed by atoms with Gasteiger partial charge in [0.1, 0.15) is 11.5 Å². The van der Waals surface area contributed by atoms with Crippen LogP contribution >= 0.6 is 24.0 Å². The molecule has 0 bridgehead atoms. The van der Waals surface area contributed by atoms with Crippen molar-refractivity contribution in [3.63, 3.8) is 0 Å². The molecule has 0 aromatic heterocycles. The molecule has 0 unspecified atom stereocenters. The van der Waals surface area contributed by atoms with Crippen LogP contribution in [0.1, 0.15) is 19.4 Å². The minimum absolute atomic E-state index is 0. The van der Waals surface area contributed by atoms with Crippen molar-refractivity contribution in [2.24, 2.45) is 4.99 Å². The largest absolute Gasteiger partial charge is 0.497 e. The highest BCUT2D eigenvalue weighted by molar-refractivity contribution is 14.0. The van der Waals surface area contributed by atoms with Gasteiger partial charge in [0.05, 0.1) is 27.4 Å². The molecule has 23 heavy (non-hydrogen) atoms. The highest BCUT2D eigenvalue weighted by Crippen LogP contribution is 2.25. The maximum atomic E-state index is 5.38. The van der Waals surface area contributed by atoms with E-state index in [1.54, 1.807) is 14.2 Å². The van der Waals surface area contributed by atoms with Gasteiger partial charge in [-0.05, 0) is 26.0 Å². The molecule has 0 fully saturated rings. The van der Waals surface area contributed by atoms with Gasteiger partial charge in [-0.15, -0.1) is 24.0 Å². The Labute approximate surface area is 156 Å². The van der Waals surface area contributed by atoms with Gasteiger partial charge in [0, 0.05) is 31.3 Å². The van der Waals surface area contributed by atoms with Crippen molar-refractivity contribution in [3.8, 4) is 11.5 Å². The molecule has 132 valence electrons. The zero-order valence-electron chi connectivity index (χ0n) is 14.3. The van der Waals surface area contributed by atoms with Gasteiger partial charge in [-0.25, -0.2) is 4.99 Å². The van der Waals surface area contributed by atoms with E-state index < -0.39 is 0 Å². The van der Waals surface area contributed by atoms with E-state index in [1.807, 2.05) is 32.0 Å². The molecule has 7 heteroatoms. The lowest BCUT2D eigenvalue weighted by Crippen LogP contribution is -2.39. The van der Waals surface area contributed by atoms with E-state index >= 15 is 0 Å². The first-order valence-electron chi connectivity index (χ1n) is 7.55. The number of halogens is 1. The second kappa shape index (κ2) is 13.2. The molecule has 6 nitrogen and oxygen atoms in total. The van der Waals surface area contributed by atoms with Crippen molar-refractivity contribution in [1.82, 2.24) is 10.6 Å². The maximum absolute atomic E-state index is 5.38. The van der Waals surface area contributed by atoms with E-state index in [-0.39, 0.29) is 24.0 Å². The van der Waals surface area contributed by atoms with Gasteiger partial charge in [0.25, 0.3) is 0 Å². The fourth-order valence-electron chi connectivity index (χ4n) is 1.87. The maximum Gasteiger partial charge on any atom is 0.191 e. The summed E-state index contributed by atoms with van der Waals surface area (Å²) < 4.78 is 15.9. The topological polar surface area (TPSA) is 64.1 Å². The van der Waals surface area contributed by atoms with E-state index in [9.17, 15) is 0 Å². The van der Waals surface area contributed by atoms with Gasteiger partial charge in [-0.3, -0.25) is 0 Å². The van der Waals surface area contributed by atoms with Crippen LogP contribution in [0.25, 0.3) is 0 Å². The fourth-order valence-corrected chi connectivity index (χ4v) is 1.87. The van der Waals surface area contributed by atoms with E-state index in [1.165, 1.54) is 0 Å². The summed E-state index contributed by atoms with van der Waals surface area (Å²) >= 11 is 0. The quantitative estimate of drug-likeness (QED) is 0.269. The van der Waals surface area contributed by atoms with Gasteiger partial charge >= 0.3 is 0 Å². The number of ether oxygens (including phenoxy) is 3. The molecule has 0 aliphatic heterocycles. The summed E-state index contributed by atoms with van der Waals surface area (Å²) in [4.78, 5) is 4.56. The SMILES string of the molecule is CCNC(=NCc1ccc(OC)cc1OC)NCCOCC.I. The lowest BCUT2D eigenvalue weighted by molar-refractivity contribution is 0.152. The molecule has 0 atom stereocenters. The lowest BCUT2D eigenvalue weighted by atomic mass is 10.2. The van der Waals surface area contributed by atoms with E-state index in [2.05, 4.69) is 15.6 Å². The number of rotatable bonds is 9. The number of aliphatic imine (C=N–C) groups is 1. The van der Waals surface area contributed by atoms with Crippen LogP contribution < -0.4 is 20.1 Å². The Balaban J connectivity index is 0.00000484. The minimum Gasteiger partial charge on any atom is -0.497 e. The van der Waals surface area contributed by atoms with Crippen molar-refractivity contribution in [1.29, 1.82) is 0 Å². The number of hydrogen-bond donors (Lipinski definition) is 2. The summed E-state index contributed by atoms with van der Waals surface area (Å²) in [6, 6.07) is 5.73. The molecule has 1 aromatic carbocycles. The van der Waals surface area contributed by atoms with Crippen molar-refractivity contribution >= 4 is 29.9 Å². The van der Waals surface area contributed by atoms with Crippen LogP contribution in [0.2, 0.25) is 0 Å². The van der Waals surface area contributed by atoms with E-state index in [0.29, 0.717) is 13.2 Å². The molecule has 0 spiro atoms. The molecule has 0 saturated carbocycles. The minimum atomic E-state index is 0. The first-order chi connectivity index (χ1) is 10.7. The van der Waals surface area contributed by atoms with Gasteiger partial charge in [-0.1, -0.05) is 0 Å². The molecule has 0 amide bonds. The van der Waals surface area contributed by atoms with Gasteiger partial charge in [-0.2, -0.15) is 0 Å². The molecule has 0 aliphatic carbocycles. The predicted octanol–water partition coefficient (Wildman–Crippen LogP) is 2.41. The van der Waals surface area contributed by atoms with Crippen molar-refractivity contribution in [2.75, 3.05) is 40.5 Å².